The normalized spacial score (nSPS) is 13.5. The molecule has 0 aliphatic heterocycles. The van der Waals surface area contributed by atoms with E-state index >= 15 is 0 Å². The highest BCUT2D eigenvalue weighted by molar-refractivity contribution is 6.31. The van der Waals surface area contributed by atoms with Crippen LogP contribution in [0.3, 0.4) is 0 Å². The fraction of sp³-hybridized carbons (Fsp3) is 0.263. The topological polar surface area (TPSA) is 75.6 Å². The van der Waals surface area contributed by atoms with E-state index in [9.17, 15) is 27.9 Å². The van der Waals surface area contributed by atoms with E-state index in [4.69, 9.17) is 11.6 Å². The van der Waals surface area contributed by atoms with Crippen LogP contribution < -0.4 is 5.32 Å². The van der Waals surface area contributed by atoms with E-state index in [-0.39, 0.29) is 12.0 Å². The Kier molecular flexibility index (Phi) is 7.04. The van der Waals surface area contributed by atoms with Crippen LogP contribution in [0.4, 0.5) is 13.2 Å². The molecule has 0 radical (unpaired) electrons. The highest BCUT2D eigenvalue weighted by Gasteiger charge is 2.31. The number of hydrogen-bond acceptors (Lipinski definition) is 4. The van der Waals surface area contributed by atoms with Crippen molar-refractivity contribution in [1.82, 2.24) is 5.32 Å². The van der Waals surface area contributed by atoms with Crippen LogP contribution in [-0.4, -0.2) is 30.1 Å². The maximum absolute atomic E-state index is 12.6. The van der Waals surface area contributed by atoms with Gasteiger partial charge in [0.2, 0.25) is 0 Å². The first-order valence-corrected chi connectivity index (χ1v) is 8.48. The summed E-state index contributed by atoms with van der Waals surface area (Å²) in [5.41, 5.74) is -0.384. The molecule has 0 spiro atoms. The van der Waals surface area contributed by atoms with Crippen LogP contribution in [0.1, 0.15) is 22.8 Å². The van der Waals surface area contributed by atoms with Crippen molar-refractivity contribution >= 4 is 23.5 Å². The lowest BCUT2D eigenvalue weighted by Gasteiger charge is -2.19. The van der Waals surface area contributed by atoms with E-state index in [1.54, 1.807) is 24.3 Å². The second kappa shape index (κ2) is 9.07. The van der Waals surface area contributed by atoms with Crippen LogP contribution in [-0.2, 0) is 26.9 Å². The van der Waals surface area contributed by atoms with Gasteiger partial charge in [-0.1, -0.05) is 41.9 Å². The van der Waals surface area contributed by atoms with Gasteiger partial charge in [-0.2, -0.15) is 13.2 Å². The van der Waals surface area contributed by atoms with Crippen molar-refractivity contribution in [3.63, 3.8) is 0 Å². The molecule has 1 amide bonds. The molecular formula is C19H17ClF3NO4. The van der Waals surface area contributed by atoms with Crippen molar-refractivity contribution < 1.29 is 32.6 Å². The van der Waals surface area contributed by atoms with Crippen molar-refractivity contribution in [2.24, 2.45) is 0 Å². The molecule has 2 aromatic rings. The lowest BCUT2D eigenvalue weighted by Crippen LogP contribution is -2.45. The molecule has 0 fully saturated rings. The Hall–Kier alpha value is -2.58. The minimum atomic E-state index is -4.53. The van der Waals surface area contributed by atoms with Crippen molar-refractivity contribution in [2.75, 3.05) is 7.11 Å². The first-order chi connectivity index (χ1) is 13.1. The summed E-state index contributed by atoms with van der Waals surface area (Å²) in [4.78, 5) is 24.3. The Morgan fingerprint density at radius 2 is 1.75 bits per heavy atom. The van der Waals surface area contributed by atoms with E-state index in [2.05, 4.69) is 10.1 Å². The number of nitrogens with one attached hydrogen (secondary N) is 1. The average Bonchev–Trinajstić information content (AvgIpc) is 2.67. The predicted molar refractivity (Wildman–Crippen MR) is 95.5 cm³/mol. The first kappa shape index (κ1) is 21.7. The van der Waals surface area contributed by atoms with Crippen LogP contribution in [0.15, 0.2) is 48.5 Å². The number of esters is 1. The van der Waals surface area contributed by atoms with Crippen LogP contribution in [0.5, 0.6) is 0 Å². The molecule has 2 N–H and O–H groups in total. The number of aliphatic hydroxyl groups is 1. The molecule has 28 heavy (non-hydrogen) atoms. The zero-order valence-corrected chi connectivity index (χ0v) is 15.4. The standard InChI is InChI=1S/C19H17ClF3NO4/c1-28-18(27)15(10-12-4-2-3-5-14(12)20)24-17(26)16(25)11-6-8-13(9-7-11)19(21,22)23/h2-9,15-16,25H,10H2,1H3,(H,24,26)/t15-,16+/m0/s1. The molecule has 0 aliphatic rings. The highest BCUT2D eigenvalue weighted by Crippen LogP contribution is 2.30. The number of benzene rings is 2. The number of amides is 1. The Morgan fingerprint density at radius 3 is 2.29 bits per heavy atom. The number of aliphatic hydroxyl groups excluding tert-OH is 1. The molecule has 2 aromatic carbocycles. The van der Waals surface area contributed by atoms with Crippen molar-refractivity contribution in [1.29, 1.82) is 0 Å². The van der Waals surface area contributed by atoms with Gasteiger partial charge in [-0.05, 0) is 29.3 Å². The van der Waals surface area contributed by atoms with Gasteiger partial charge in [-0.3, -0.25) is 4.79 Å². The Balaban J connectivity index is 2.14. The molecule has 0 unspecified atom stereocenters. The van der Waals surface area contributed by atoms with Crippen LogP contribution in [0.2, 0.25) is 5.02 Å². The van der Waals surface area contributed by atoms with Crippen LogP contribution in [0, 0.1) is 0 Å². The quantitative estimate of drug-likeness (QED) is 0.710. The Bertz CT molecular complexity index is 840. The minimum Gasteiger partial charge on any atom is -0.467 e. The number of carbonyl (C=O) groups excluding carboxylic acids is 2. The summed E-state index contributed by atoms with van der Waals surface area (Å²) in [6.07, 6.45) is -6.28. The zero-order valence-electron chi connectivity index (χ0n) is 14.7. The average molecular weight is 416 g/mol. The minimum absolute atomic E-state index is 0.0117. The number of methoxy groups -OCH3 is 1. The van der Waals surface area contributed by atoms with E-state index in [0.29, 0.717) is 10.6 Å². The van der Waals surface area contributed by atoms with E-state index in [1.165, 1.54) is 0 Å². The second-order valence-electron chi connectivity index (χ2n) is 5.90. The number of halogens is 4. The SMILES string of the molecule is COC(=O)[C@H](Cc1ccccc1Cl)NC(=O)[C@H](O)c1ccc(C(F)(F)F)cc1. The molecule has 2 rings (SSSR count). The molecule has 0 heterocycles. The van der Waals surface area contributed by atoms with Gasteiger partial charge >= 0.3 is 12.1 Å². The summed E-state index contributed by atoms with van der Waals surface area (Å²) in [6.45, 7) is 0. The molecule has 0 aromatic heterocycles. The van der Waals surface area contributed by atoms with Gasteiger partial charge < -0.3 is 15.2 Å². The van der Waals surface area contributed by atoms with Gasteiger partial charge in [0.15, 0.2) is 6.10 Å². The molecule has 0 bridgehead atoms. The smallest absolute Gasteiger partial charge is 0.416 e. The van der Waals surface area contributed by atoms with E-state index < -0.39 is 35.8 Å². The zero-order chi connectivity index (χ0) is 20.9. The van der Waals surface area contributed by atoms with Gasteiger partial charge in [-0.25, -0.2) is 4.79 Å². The first-order valence-electron chi connectivity index (χ1n) is 8.10. The second-order valence-corrected chi connectivity index (χ2v) is 6.31. The monoisotopic (exact) mass is 415 g/mol. The summed E-state index contributed by atoms with van der Waals surface area (Å²) in [5, 5.41) is 12.9. The third-order valence-electron chi connectivity index (χ3n) is 3.99. The van der Waals surface area contributed by atoms with Gasteiger partial charge in [0.25, 0.3) is 5.91 Å². The van der Waals surface area contributed by atoms with Gasteiger partial charge in [-0.15, -0.1) is 0 Å². The molecule has 2 atom stereocenters. The summed E-state index contributed by atoms with van der Waals surface area (Å²) in [6, 6.07) is 9.05. The van der Waals surface area contributed by atoms with Crippen LogP contribution >= 0.6 is 11.6 Å². The third-order valence-corrected chi connectivity index (χ3v) is 4.35. The maximum Gasteiger partial charge on any atom is 0.416 e. The Morgan fingerprint density at radius 1 is 1.14 bits per heavy atom. The highest BCUT2D eigenvalue weighted by atomic mass is 35.5. The summed E-state index contributed by atoms with van der Waals surface area (Å²) >= 11 is 6.06. The number of ether oxygens (including phenoxy) is 1. The molecule has 9 heteroatoms. The molecule has 5 nitrogen and oxygen atoms in total. The molecule has 0 saturated heterocycles. The van der Waals surface area contributed by atoms with E-state index in [0.717, 1.165) is 31.4 Å². The fourth-order valence-corrected chi connectivity index (χ4v) is 2.69. The number of hydrogen-bond donors (Lipinski definition) is 2. The lowest BCUT2D eigenvalue weighted by atomic mass is 10.0. The van der Waals surface area contributed by atoms with Gasteiger partial charge in [0.05, 0.1) is 12.7 Å². The summed E-state index contributed by atoms with van der Waals surface area (Å²) in [5.74, 6) is -1.71. The summed E-state index contributed by atoms with van der Waals surface area (Å²) in [7, 11) is 1.14. The molecular weight excluding hydrogens is 399 g/mol. The van der Waals surface area contributed by atoms with Crippen molar-refractivity contribution in [3.05, 3.63) is 70.2 Å². The molecule has 0 saturated carbocycles. The predicted octanol–water partition coefficient (Wildman–Crippen LogP) is 3.29. The molecule has 0 aliphatic carbocycles. The summed E-state index contributed by atoms with van der Waals surface area (Å²) < 4.78 is 42.5. The third kappa shape index (κ3) is 5.46. The number of rotatable bonds is 6. The maximum atomic E-state index is 12.6. The number of alkyl halides is 3. The fourth-order valence-electron chi connectivity index (χ4n) is 2.48. The van der Waals surface area contributed by atoms with Crippen molar-refractivity contribution in [2.45, 2.75) is 24.7 Å². The van der Waals surface area contributed by atoms with Gasteiger partial charge in [0.1, 0.15) is 6.04 Å². The Labute approximate surface area is 164 Å². The lowest BCUT2D eigenvalue weighted by molar-refractivity contribution is -0.146. The molecule has 150 valence electrons. The van der Waals surface area contributed by atoms with Crippen LogP contribution in [0.25, 0.3) is 0 Å². The van der Waals surface area contributed by atoms with Gasteiger partial charge in [0, 0.05) is 11.4 Å². The largest absolute Gasteiger partial charge is 0.467 e. The van der Waals surface area contributed by atoms with Crippen molar-refractivity contribution in [3.8, 4) is 0 Å². The number of carbonyl (C=O) groups is 2. The van der Waals surface area contributed by atoms with E-state index in [1.807, 2.05) is 0 Å².